The number of phenols is 3. The van der Waals surface area contributed by atoms with Crippen LogP contribution in [0.25, 0.3) is 11.1 Å². The van der Waals surface area contributed by atoms with Gasteiger partial charge in [-0.05, 0) is 122 Å². The highest BCUT2D eigenvalue weighted by atomic mass is 35.5. The van der Waals surface area contributed by atoms with Crippen molar-refractivity contribution in [2.75, 3.05) is 13.7 Å². The Kier molecular flexibility index (Phi) is 29.5. The lowest BCUT2D eigenvalue weighted by atomic mass is 9.84. The first-order valence-electron chi connectivity index (χ1n) is 40.3. The number of phenolic OH excluding ortho intramolecular Hbond substituents is 3. The normalized spacial score (nSPS) is 25.8. The molecule has 127 heavy (non-hydrogen) atoms. The van der Waals surface area contributed by atoms with Gasteiger partial charge in [-0.1, -0.05) is 110 Å². The summed E-state index contributed by atoms with van der Waals surface area (Å²) in [5, 5.41) is 139. The van der Waals surface area contributed by atoms with Crippen molar-refractivity contribution in [3.8, 4) is 69.5 Å². The highest BCUT2D eigenvalue weighted by molar-refractivity contribution is 6.32. The number of nitrogens with one attached hydrogen (secondary N) is 9. The Balaban J connectivity index is 1.01. The first kappa shape index (κ1) is 93.6. The van der Waals surface area contributed by atoms with E-state index in [2.05, 4.69) is 53.8 Å². The second-order valence-corrected chi connectivity index (χ2v) is 32.7. The van der Waals surface area contributed by atoms with E-state index in [4.69, 9.17) is 63.8 Å². The lowest BCUT2D eigenvalue weighted by Crippen LogP contribution is -2.67. The molecule has 1 unspecified atom stereocenters. The number of fused-ring (bicyclic) bond motifs is 15. The molecule has 37 nitrogen and oxygen atoms in total. The van der Waals surface area contributed by atoms with Crippen LogP contribution in [0.1, 0.15) is 146 Å². The fourth-order valence-electron chi connectivity index (χ4n) is 15.6. The molecule has 21 N–H and O–H groups in total. The number of ketones is 1. The van der Waals surface area contributed by atoms with Gasteiger partial charge in [-0.3, -0.25) is 47.9 Å². The van der Waals surface area contributed by atoms with Crippen molar-refractivity contribution < 1.29 is 132 Å². The van der Waals surface area contributed by atoms with E-state index in [0.717, 1.165) is 72.8 Å². The van der Waals surface area contributed by atoms with Gasteiger partial charge in [0.15, 0.2) is 35.7 Å². The van der Waals surface area contributed by atoms with Crippen LogP contribution >= 0.6 is 23.2 Å². The summed E-state index contributed by atoms with van der Waals surface area (Å²) in [5.74, 6) is -16.0. The van der Waals surface area contributed by atoms with Crippen molar-refractivity contribution in [3.63, 3.8) is 0 Å². The van der Waals surface area contributed by atoms with Crippen molar-refractivity contribution in [1.82, 2.24) is 47.9 Å². The van der Waals surface area contributed by atoms with Gasteiger partial charge in [0, 0.05) is 59.6 Å². The molecule has 2 fully saturated rings. The molecular formula is C88H94Cl2N10O27. The van der Waals surface area contributed by atoms with Gasteiger partial charge in [-0.15, -0.1) is 12.3 Å². The number of amides is 9. The summed E-state index contributed by atoms with van der Waals surface area (Å²) in [7, 11) is 1.46. The lowest BCUT2D eigenvalue weighted by molar-refractivity contribution is -0.334. The number of primary amides is 1. The van der Waals surface area contributed by atoms with Crippen LogP contribution in [-0.4, -0.2) is 215 Å². The number of rotatable bonds is 23. The number of benzene rings is 7. The van der Waals surface area contributed by atoms with Gasteiger partial charge in [0.2, 0.25) is 65.2 Å². The van der Waals surface area contributed by atoms with Crippen molar-refractivity contribution in [1.29, 1.82) is 0 Å². The smallest absolute Gasteiger partial charge is 0.330 e. The zero-order valence-electron chi connectivity index (χ0n) is 68.7. The number of aliphatic hydroxyl groups excluding tert-OH is 6. The first-order chi connectivity index (χ1) is 60.3. The molecule has 9 amide bonds. The van der Waals surface area contributed by atoms with Gasteiger partial charge in [-0.2, -0.15) is 0 Å². The Hall–Kier alpha value is -12.6. The molecule has 11 bridgehead atoms. The molecular weight excluding hydrogens is 1700 g/mol. The number of carboxylic acid groups (broad SMARTS) is 1. The molecule has 19 atom stereocenters. The van der Waals surface area contributed by atoms with Crippen LogP contribution in [-0.2, 0) is 68.6 Å². The largest absolute Gasteiger partial charge is 0.508 e. The molecule has 0 spiro atoms. The molecule has 0 aliphatic carbocycles. The Morgan fingerprint density at radius 1 is 0.677 bits per heavy atom. The minimum Gasteiger partial charge on any atom is -0.508 e. The van der Waals surface area contributed by atoms with Crippen molar-refractivity contribution in [3.05, 3.63) is 188 Å². The van der Waals surface area contributed by atoms with Crippen molar-refractivity contribution in [2.45, 2.75) is 188 Å². The average Bonchev–Trinajstić information content (AvgIpc) is 0.772. The third kappa shape index (κ3) is 21.3. The number of unbranched alkanes of at least 4 members (excludes halogenated alkanes) is 1. The van der Waals surface area contributed by atoms with Crippen LogP contribution in [0.15, 0.2) is 133 Å². The van der Waals surface area contributed by atoms with Crippen molar-refractivity contribution >= 4 is 88.1 Å². The number of carboxylic acids is 1. The zero-order chi connectivity index (χ0) is 91.9. The quantitative estimate of drug-likeness (QED) is 0.0249. The second-order valence-electron chi connectivity index (χ2n) is 31.9. The zero-order valence-corrected chi connectivity index (χ0v) is 70.2. The number of nitrogens with two attached hydrogens (primary N) is 1. The van der Waals surface area contributed by atoms with Gasteiger partial charge in [0.05, 0.1) is 40.8 Å². The van der Waals surface area contributed by atoms with E-state index in [0.29, 0.717) is 16.7 Å². The number of ether oxygens (including phenoxy) is 6. The minimum atomic E-state index is -2.43. The second kappa shape index (κ2) is 40.0. The number of aliphatic carboxylic acids is 1. The predicted molar refractivity (Wildman–Crippen MR) is 448 cm³/mol. The first-order valence-corrected chi connectivity index (χ1v) is 41.0. The molecule has 7 aliphatic rings. The molecule has 2 saturated heterocycles. The number of carbonyl (C=O) groups is 11. The van der Waals surface area contributed by atoms with E-state index in [1.807, 2.05) is 0 Å². The van der Waals surface area contributed by atoms with Crippen LogP contribution in [0, 0.1) is 18.3 Å². The standard InChI is InChI=1S/C88H94Cl2N10O27/c1-7-8-10-15-63(106)93-53(27-40-16-18-42(19-17-40)71(107)41-13-11-9-12-14-41)81(115)100-88(5)36-64(122-39(4)78(88)112)126-77-75(111)74(110)61(37-101)125-87(77)127-76-59-31-46-32-60(76)124-58-25-22-45(30-51(58)90)73(109)70-85(119)97-68(86(120)121)49-33-47(102)34-56(104)65(49)48-28-43(20-23-55(48)103)66(82(116)99-70)96-83(117)67(46)95-80(114)54(35-62(91)105)94-84(118)69(98-79(113)52(92-6)26-38(2)3)72(108)44-21-24-57(123-59)50(89)29-44/h1,9,11-14,16-25,28-34,38-39,52-54,61,64,66-70,72-75,77-78,87,92,101-104,108-112H,8,10,15,26-27,35-37H2,2-6H3,(H2,91,105)(H,93,106)(H,94,118)(H,95,114)(H,96,117)(H,97,119)(H,98,113)(H,99,116)(H,100,115)(H,120,121)/t39-,52+,53?,54-,61+,64-,66+,67+,68-,69+,70-,72+,73+,74+,75-,77+,78+,87-,88-/m0/s1. The van der Waals surface area contributed by atoms with E-state index in [9.17, 15) is 79.8 Å². The molecule has 39 heteroatoms. The van der Waals surface area contributed by atoms with Gasteiger partial charge in [0.1, 0.15) is 102 Å². The van der Waals surface area contributed by atoms with E-state index < -0.39 is 278 Å². The number of hydrogen-bond donors (Lipinski definition) is 20. The Morgan fingerprint density at radius 3 is 1.91 bits per heavy atom. The average molecular weight is 1790 g/mol. The Bertz CT molecular complexity index is 5430. The van der Waals surface area contributed by atoms with Gasteiger partial charge < -0.3 is 133 Å². The molecule has 7 aromatic carbocycles. The molecule has 14 rings (SSSR count). The summed E-state index contributed by atoms with van der Waals surface area (Å²) < 4.78 is 39.4. The number of likely N-dealkylation sites (N-methyl/N-ethyl adjacent to an activating group) is 1. The Morgan fingerprint density at radius 2 is 1.30 bits per heavy atom. The summed E-state index contributed by atoms with van der Waals surface area (Å²) in [6.45, 7) is 5.38. The topological polar surface area (TPSA) is 580 Å². The maximum atomic E-state index is 16.3. The fraction of sp³-hybridized carbons (Fsp3) is 0.375. The third-order valence-corrected chi connectivity index (χ3v) is 22.8. The molecule has 7 aromatic rings. The van der Waals surface area contributed by atoms with Crippen molar-refractivity contribution in [2.24, 2.45) is 11.7 Å². The fourth-order valence-corrected chi connectivity index (χ4v) is 16.0. The summed E-state index contributed by atoms with van der Waals surface area (Å²) in [6.07, 6.45) is -15.1. The molecule has 0 radical (unpaired) electrons. The minimum absolute atomic E-state index is 0.0906. The maximum Gasteiger partial charge on any atom is 0.330 e. The molecule has 7 heterocycles. The maximum absolute atomic E-state index is 16.3. The molecule has 0 saturated carbocycles. The number of carbonyl (C=O) groups excluding carboxylic acids is 10. The van der Waals surface area contributed by atoms with Crippen LogP contribution in [0.4, 0.5) is 0 Å². The van der Waals surface area contributed by atoms with Crippen LogP contribution in [0.5, 0.6) is 46.0 Å². The summed E-state index contributed by atoms with van der Waals surface area (Å²) in [4.78, 5) is 160. The number of aliphatic hydroxyl groups is 6. The number of terminal acetylenes is 1. The summed E-state index contributed by atoms with van der Waals surface area (Å²) in [5.41, 5.74) is 2.11. The van der Waals surface area contributed by atoms with Crippen LogP contribution < -0.4 is 67.8 Å². The lowest BCUT2D eigenvalue weighted by Gasteiger charge is -2.48. The highest BCUT2D eigenvalue weighted by Crippen LogP contribution is 2.50. The Labute approximate surface area is 735 Å². The third-order valence-electron chi connectivity index (χ3n) is 22.2. The molecule has 0 aromatic heterocycles. The number of hydrogen-bond acceptors (Lipinski definition) is 27. The molecule has 672 valence electrons. The monoisotopic (exact) mass is 1790 g/mol. The summed E-state index contributed by atoms with van der Waals surface area (Å²) in [6, 6.07) is 12.1. The van der Waals surface area contributed by atoms with Gasteiger partial charge >= 0.3 is 5.97 Å². The predicted octanol–water partition coefficient (Wildman–Crippen LogP) is 3.03. The van der Waals surface area contributed by atoms with E-state index in [-0.39, 0.29) is 54.9 Å². The highest BCUT2D eigenvalue weighted by Gasteiger charge is 2.53. The van der Waals surface area contributed by atoms with Crippen LogP contribution in [0.3, 0.4) is 0 Å². The van der Waals surface area contributed by atoms with Gasteiger partial charge in [-0.25, -0.2) is 4.79 Å². The van der Waals surface area contributed by atoms with E-state index >= 15 is 24.0 Å². The number of aromatic hydroxyl groups is 3. The molecule has 7 aliphatic heterocycles. The van der Waals surface area contributed by atoms with Gasteiger partial charge in [0.25, 0.3) is 0 Å². The summed E-state index contributed by atoms with van der Waals surface area (Å²) >= 11 is 14.3. The number of halogens is 2. The van der Waals surface area contributed by atoms with E-state index in [1.165, 1.54) is 27.0 Å². The van der Waals surface area contributed by atoms with Crippen LogP contribution in [0.2, 0.25) is 10.0 Å². The van der Waals surface area contributed by atoms with E-state index in [1.54, 1.807) is 68.4 Å². The SMILES string of the molecule is C#CCCCC(=O)NC(Cc1ccc(C(=O)c2ccccc2)cc1)C(=O)N[C@@]1(C)C[C@H](O[C@H]2[C@H](Oc3c4cc5cc3Oc3ccc(cc3Cl)[C@@H](O)[C@@H](NC(=O)[C@@H](CC(C)C)NC)C(=O)N[C@@H](CC(N)=O)C(=O)N[C@H]5C(=O)N[C@H]3C(=O)N[C@H](C(=O)N[C@H](C(=O)O)c5cc(O)cc(O)c5-c5cc3ccc5O)[C@H](O)c3ccc(c(Cl)c3)O4)O[C@H](CO)[C@@H](O)[C@@H]2O)O[C@@H](C)[C@H]1O.